The zero-order valence-corrected chi connectivity index (χ0v) is 7.94. The first-order valence-corrected chi connectivity index (χ1v) is 4.50. The third kappa shape index (κ3) is 3.03. The van der Waals surface area contributed by atoms with Gasteiger partial charge in [0.2, 0.25) is 5.91 Å². The fourth-order valence-electron chi connectivity index (χ4n) is 1.11. The lowest BCUT2D eigenvalue weighted by atomic mass is 10.1. The highest BCUT2D eigenvalue weighted by Gasteiger charge is 1.98. The maximum atomic E-state index is 10.9. The van der Waals surface area contributed by atoms with E-state index in [9.17, 15) is 4.79 Å². The minimum atomic E-state index is -0.404. The second-order valence-corrected chi connectivity index (χ2v) is 2.97. The first kappa shape index (κ1) is 10.5. The van der Waals surface area contributed by atoms with E-state index in [2.05, 4.69) is 0 Å². The van der Waals surface area contributed by atoms with Crippen molar-refractivity contribution >= 4 is 12.0 Å². The number of primary amides is 1. The largest absolute Gasteiger partial charge is 0.366 e. The fourth-order valence-corrected chi connectivity index (χ4v) is 1.11. The highest BCUT2D eigenvalue weighted by Crippen LogP contribution is 2.06. The Kier molecular flexibility index (Phi) is 3.88. The van der Waals surface area contributed by atoms with E-state index in [1.54, 1.807) is 12.1 Å². The van der Waals surface area contributed by atoms with Gasteiger partial charge in [0.15, 0.2) is 0 Å². The first-order valence-electron chi connectivity index (χ1n) is 4.50. The zero-order valence-electron chi connectivity index (χ0n) is 7.94. The van der Waals surface area contributed by atoms with Gasteiger partial charge in [0.25, 0.3) is 0 Å². The van der Waals surface area contributed by atoms with Gasteiger partial charge in [-0.05, 0) is 30.7 Å². The summed E-state index contributed by atoms with van der Waals surface area (Å²) in [4.78, 5) is 10.9. The number of rotatable bonds is 4. The number of amides is 1. The predicted octanol–water partition coefficient (Wildman–Crippen LogP) is 1.15. The SMILES string of the molecule is NCCC=Cc1cccc(C(N)=O)c1. The number of benzene rings is 1. The van der Waals surface area contributed by atoms with Crippen LogP contribution in [0.4, 0.5) is 0 Å². The smallest absolute Gasteiger partial charge is 0.248 e. The molecule has 3 nitrogen and oxygen atoms in total. The lowest BCUT2D eigenvalue weighted by molar-refractivity contribution is 0.100. The Hall–Kier alpha value is -1.61. The molecule has 0 aromatic heterocycles. The Labute approximate surface area is 83.4 Å². The van der Waals surface area contributed by atoms with Crippen molar-refractivity contribution in [3.8, 4) is 0 Å². The number of carbonyl (C=O) groups is 1. The van der Waals surface area contributed by atoms with Gasteiger partial charge in [-0.15, -0.1) is 0 Å². The van der Waals surface area contributed by atoms with Crippen molar-refractivity contribution in [2.24, 2.45) is 11.5 Å². The van der Waals surface area contributed by atoms with Gasteiger partial charge in [-0.1, -0.05) is 24.3 Å². The molecule has 0 aliphatic carbocycles. The van der Waals surface area contributed by atoms with Gasteiger partial charge in [0.05, 0.1) is 0 Å². The number of carbonyl (C=O) groups excluding carboxylic acids is 1. The summed E-state index contributed by atoms with van der Waals surface area (Å²) in [6.07, 6.45) is 4.74. The molecule has 4 N–H and O–H groups in total. The molecular weight excluding hydrogens is 176 g/mol. The minimum Gasteiger partial charge on any atom is -0.366 e. The molecule has 1 aromatic rings. The molecule has 0 aliphatic rings. The molecule has 0 saturated carbocycles. The van der Waals surface area contributed by atoms with Crippen LogP contribution in [-0.4, -0.2) is 12.5 Å². The summed E-state index contributed by atoms with van der Waals surface area (Å²) in [5.74, 6) is -0.404. The van der Waals surface area contributed by atoms with Crippen LogP contribution < -0.4 is 11.5 Å². The summed E-state index contributed by atoms with van der Waals surface area (Å²) in [6, 6.07) is 7.18. The molecule has 0 radical (unpaired) electrons. The maximum Gasteiger partial charge on any atom is 0.248 e. The van der Waals surface area contributed by atoms with Crippen molar-refractivity contribution in [1.29, 1.82) is 0 Å². The van der Waals surface area contributed by atoms with Crippen LogP contribution in [0.1, 0.15) is 22.3 Å². The van der Waals surface area contributed by atoms with Crippen molar-refractivity contribution in [2.75, 3.05) is 6.54 Å². The van der Waals surface area contributed by atoms with Crippen LogP contribution in [0.3, 0.4) is 0 Å². The number of nitrogens with two attached hydrogens (primary N) is 2. The van der Waals surface area contributed by atoms with E-state index in [0.29, 0.717) is 12.1 Å². The van der Waals surface area contributed by atoms with E-state index in [4.69, 9.17) is 11.5 Å². The average Bonchev–Trinajstić information content (AvgIpc) is 2.19. The molecule has 0 saturated heterocycles. The van der Waals surface area contributed by atoms with Gasteiger partial charge in [0.1, 0.15) is 0 Å². The van der Waals surface area contributed by atoms with Gasteiger partial charge in [-0.25, -0.2) is 0 Å². The molecule has 74 valence electrons. The summed E-state index contributed by atoms with van der Waals surface area (Å²) in [5, 5.41) is 0. The molecule has 0 bridgehead atoms. The molecule has 0 spiro atoms. The second kappa shape index (κ2) is 5.19. The molecule has 0 unspecified atom stereocenters. The van der Waals surface area contributed by atoms with Gasteiger partial charge < -0.3 is 11.5 Å². The monoisotopic (exact) mass is 190 g/mol. The van der Waals surface area contributed by atoms with Crippen LogP contribution in [0, 0.1) is 0 Å². The van der Waals surface area contributed by atoms with E-state index in [1.807, 2.05) is 24.3 Å². The predicted molar refractivity (Wildman–Crippen MR) is 57.7 cm³/mol. The molecule has 14 heavy (non-hydrogen) atoms. The molecular formula is C11H14N2O. The zero-order chi connectivity index (χ0) is 10.4. The Bertz CT molecular complexity index is 345. The Morgan fingerprint density at radius 3 is 2.86 bits per heavy atom. The lowest BCUT2D eigenvalue weighted by Gasteiger charge is -1.97. The second-order valence-electron chi connectivity index (χ2n) is 2.97. The molecule has 0 heterocycles. The summed E-state index contributed by atoms with van der Waals surface area (Å²) in [5.41, 5.74) is 12.0. The molecule has 0 fully saturated rings. The van der Waals surface area contributed by atoms with Gasteiger partial charge in [-0.3, -0.25) is 4.79 Å². The molecule has 0 aliphatic heterocycles. The van der Waals surface area contributed by atoms with Crippen LogP contribution in [0.15, 0.2) is 30.3 Å². The first-order chi connectivity index (χ1) is 6.74. The normalized spacial score (nSPS) is 10.6. The average molecular weight is 190 g/mol. The van der Waals surface area contributed by atoms with E-state index < -0.39 is 5.91 Å². The van der Waals surface area contributed by atoms with Gasteiger partial charge in [0, 0.05) is 5.56 Å². The summed E-state index contributed by atoms with van der Waals surface area (Å²) in [7, 11) is 0. The van der Waals surface area contributed by atoms with Crippen LogP contribution in [0.5, 0.6) is 0 Å². The van der Waals surface area contributed by atoms with Crippen LogP contribution in [-0.2, 0) is 0 Å². The van der Waals surface area contributed by atoms with E-state index in [-0.39, 0.29) is 0 Å². The Balaban J connectivity index is 2.78. The van der Waals surface area contributed by atoms with Crippen molar-refractivity contribution < 1.29 is 4.79 Å². The van der Waals surface area contributed by atoms with Crippen molar-refractivity contribution in [3.05, 3.63) is 41.5 Å². The third-order valence-corrected chi connectivity index (χ3v) is 1.81. The van der Waals surface area contributed by atoms with Crippen molar-refractivity contribution in [1.82, 2.24) is 0 Å². The molecule has 3 heteroatoms. The third-order valence-electron chi connectivity index (χ3n) is 1.81. The molecule has 0 atom stereocenters. The van der Waals surface area contributed by atoms with E-state index >= 15 is 0 Å². The quantitative estimate of drug-likeness (QED) is 0.747. The van der Waals surface area contributed by atoms with Crippen LogP contribution in [0.2, 0.25) is 0 Å². The van der Waals surface area contributed by atoms with Gasteiger partial charge in [-0.2, -0.15) is 0 Å². The van der Waals surface area contributed by atoms with Gasteiger partial charge >= 0.3 is 0 Å². The molecule has 1 aromatic carbocycles. The topological polar surface area (TPSA) is 69.1 Å². The van der Waals surface area contributed by atoms with E-state index in [0.717, 1.165) is 12.0 Å². The molecule has 1 amide bonds. The maximum absolute atomic E-state index is 10.9. The number of hydrogen-bond acceptors (Lipinski definition) is 2. The van der Waals surface area contributed by atoms with Crippen LogP contribution >= 0.6 is 0 Å². The van der Waals surface area contributed by atoms with E-state index in [1.165, 1.54) is 0 Å². The standard InChI is InChI=1S/C11H14N2O/c12-7-2-1-4-9-5-3-6-10(8-9)11(13)14/h1,3-6,8H,2,7,12H2,(H2,13,14). The molecule has 1 rings (SSSR count). The van der Waals surface area contributed by atoms with Crippen LogP contribution in [0.25, 0.3) is 6.08 Å². The summed E-state index contributed by atoms with van der Waals surface area (Å²) >= 11 is 0. The minimum absolute atomic E-state index is 0.404. The Morgan fingerprint density at radius 2 is 2.21 bits per heavy atom. The van der Waals surface area contributed by atoms with Crippen molar-refractivity contribution in [2.45, 2.75) is 6.42 Å². The van der Waals surface area contributed by atoms with Crippen molar-refractivity contribution in [3.63, 3.8) is 0 Å². The Morgan fingerprint density at radius 1 is 1.43 bits per heavy atom. The summed E-state index contributed by atoms with van der Waals surface area (Å²) < 4.78 is 0. The highest BCUT2D eigenvalue weighted by atomic mass is 16.1. The summed E-state index contributed by atoms with van der Waals surface area (Å²) in [6.45, 7) is 0.631. The number of hydrogen-bond donors (Lipinski definition) is 2. The lowest BCUT2D eigenvalue weighted by Crippen LogP contribution is -2.10. The highest BCUT2D eigenvalue weighted by molar-refractivity contribution is 5.93. The fraction of sp³-hybridized carbons (Fsp3) is 0.182.